The molecule has 1 saturated heterocycles. The molecule has 17 atom stereocenters. The monoisotopic (exact) mass is 2010 g/mol. The lowest BCUT2D eigenvalue weighted by atomic mass is 9.97. The van der Waals surface area contributed by atoms with Gasteiger partial charge in [0.25, 0.3) is 0 Å². The zero-order valence-electron chi connectivity index (χ0n) is 82.5. The van der Waals surface area contributed by atoms with Crippen molar-refractivity contribution in [3.8, 4) is 11.5 Å². The van der Waals surface area contributed by atoms with Gasteiger partial charge in [-0.2, -0.15) is 0 Å². The van der Waals surface area contributed by atoms with Gasteiger partial charge in [-0.05, 0) is 201 Å². The molecule has 143 heavy (non-hydrogen) atoms. The standard InChI is InChI=1S/C95H151N25O23/c1-8-54(6)78(119-87(135)64(24-14-17-43-98)109-81(129)62(22-12-15-41-96)107-80(128)61(99)46-52(2)3)92(140)118-73(51-121)90(138)112-67(36-39-76(101)125)85(133)110-65(25-18-44-105-95(103)104)83(131)115-70(49-57-27-31-59(122)32-28-57)89(137)111-66(35-38-75(100)124)84(132)108-63(23-13-16-42-97)82(130)114-69(48-56-20-10-9-11-21-56)88(136)106-55(7)79(127)116-71(47-53(4)5)93(141)120-45-19-26-74(120)91(139)113-68(37-40-77(102)126)86(134)117-72(94(142)143)50-58-29-33-60(123)34-30-58/h9-11,20-21,27-34,52-55,61-74,78,121-123H,8,12-19,22-26,35-51,96-99H2,1-7H3,(H2,100,124)(H2,101,125)(H2,102,126)(H,106,136)(H,107,128)(H,108,132)(H,109,129)(H,110,133)(H,111,137)(H,112,138)(H,113,139)(H,114,130)(H,115,131)(H,116,127)(H,117,134)(H,118,140)(H,119,135)(H,142,143)(H4,103,104,105)/t54-,55-,61-,62-,63-,64-,65-,66-,67-,68-,69-,70-,71-,72-,73-,74-,78-/m0/s1. The molecule has 1 fully saturated rings. The third-order valence-corrected chi connectivity index (χ3v) is 23.8. The second-order valence-electron chi connectivity index (χ2n) is 36.7. The Morgan fingerprint density at radius 2 is 0.734 bits per heavy atom. The Kier molecular flexibility index (Phi) is 54.3. The zero-order chi connectivity index (χ0) is 107. The number of benzene rings is 3. The number of aliphatic hydroxyl groups is 1. The van der Waals surface area contributed by atoms with Gasteiger partial charge in [-0.15, -0.1) is 0 Å². The predicted octanol–water partition coefficient (Wildman–Crippen LogP) is -5.09. The number of nitrogens with zero attached hydrogens (tertiary/aromatic N) is 1. The highest BCUT2D eigenvalue weighted by molar-refractivity contribution is 6.02. The van der Waals surface area contributed by atoms with Crippen LogP contribution in [0.15, 0.2) is 78.9 Å². The van der Waals surface area contributed by atoms with Gasteiger partial charge in [0.15, 0.2) is 5.96 Å². The molecule has 3 aromatic carbocycles. The van der Waals surface area contributed by atoms with Gasteiger partial charge in [0, 0.05) is 51.6 Å². The summed E-state index contributed by atoms with van der Waals surface area (Å²) in [7, 11) is 0. The minimum atomic E-state index is -1.91. The van der Waals surface area contributed by atoms with Crippen molar-refractivity contribution in [2.45, 2.75) is 306 Å². The number of likely N-dealkylation sites (tertiary alicyclic amines) is 1. The first kappa shape index (κ1) is 122. The van der Waals surface area contributed by atoms with Gasteiger partial charge in [-0.25, -0.2) is 4.79 Å². The fraction of sp³-hybridized carbons (Fsp3) is 0.600. The molecule has 0 saturated carbocycles. The van der Waals surface area contributed by atoms with E-state index in [1.165, 1.54) is 60.4 Å². The summed E-state index contributed by atoms with van der Waals surface area (Å²) in [4.78, 5) is 269. The normalized spacial score (nSPS) is 15.6. The molecule has 3 aromatic rings. The van der Waals surface area contributed by atoms with Crippen molar-refractivity contribution < 1.29 is 112 Å². The number of guanidine groups is 1. The number of amides is 18. The number of nitrogens with two attached hydrogens (primary N) is 8. The third kappa shape index (κ3) is 45.0. The summed E-state index contributed by atoms with van der Waals surface area (Å²) in [5.41, 5.74) is 47.1. The minimum Gasteiger partial charge on any atom is -0.508 e. The molecule has 1 aliphatic rings. The molecule has 48 heteroatoms. The fourth-order valence-corrected chi connectivity index (χ4v) is 15.6. The van der Waals surface area contributed by atoms with Crippen molar-refractivity contribution in [3.63, 3.8) is 0 Å². The summed E-state index contributed by atoms with van der Waals surface area (Å²) in [5, 5.41) is 87.4. The largest absolute Gasteiger partial charge is 0.508 e. The smallest absolute Gasteiger partial charge is 0.326 e. The van der Waals surface area contributed by atoms with Crippen LogP contribution >= 0.6 is 0 Å². The molecule has 0 aromatic heterocycles. The molecular weight excluding hydrogens is 1860 g/mol. The molecular formula is C95H151N25O23. The fourth-order valence-electron chi connectivity index (χ4n) is 15.6. The average Bonchev–Trinajstić information content (AvgIpc) is 1.67. The first-order chi connectivity index (χ1) is 67.7. The number of aromatic hydroxyl groups is 2. The van der Waals surface area contributed by atoms with E-state index in [2.05, 4.69) is 79.8 Å². The van der Waals surface area contributed by atoms with E-state index in [-0.39, 0.29) is 152 Å². The summed E-state index contributed by atoms with van der Waals surface area (Å²) in [6.07, 6.45) is -1.58. The molecule has 0 unspecified atom stereocenters. The van der Waals surface area contributed by atoms with Gasteiger partial charge in [-0.1, -0.05) is 103 Å². The minimum absolute atomic E-state index is 0.00194. The molecule has 0 aliphatic carbocycles. The lowest BCUT2D eigenvalue weighted by Gasteiger charge is -2.31. The molecule has 0 bridgehead atoms. The first-order valence-electron chi connectivity index (χ1n) is 48.5. The lowest BCUT2D eigenvalue weighted by Crippen LogP contribution is -2.62. The van der Waals surface area contributed by atoms with Crippen LogP contribution < -0.4 is 126 Å². The third-order valence-electron chi connectivity index (χ3n) is 23.8. The number of unbranched alkanes of at least 4 members (excludes halogenated alkanes) is 3. The zero-order valence-corrected chi connectivity index (χ0v) is 82.5. The number of phenols is 2. The van der Waals surface area contributed by atoms with Gasteiger partial charge in [0.1, 0.15) is 102 Å². The molecule has 48 nitrogen and oxygen atoms in total. The van der Waals surface area contributed by atoms with E-state index < -0.39 is 266 Å². The maximum absolute atomic E-state index is 15.2. The molecule has 0 spiro atoms. The number of rotatable bonds is 68. The number of carbonyl (C=O) groups is 19. The second kappa shape index (κ2) is 63.9. The second-order valence-corrected chi connectivity index (χ2v) is 36.7. The van der Waals surface area contributed by atoms with Crippen molar-refractivity contribution in [2.24, 2.45) is 63.6 Å². The number of nitrogens with one attached hydrogen (secondary N) is 16. The molecule has 36 N–H and O–H groups in total. The van der Waals surface area contributed by atoms with Crippen LogP contribution in [0.3, 0.4) is 0 Å². The Labute approximate surface area is 831 Å². The molecule has 1 heterocycles. The summed E-state index contributed by atoms with van der Waals surface area (Å²) in [6.45, 7) is 11.2. The number of carboxylic acids is 1. The van der Waals surface area contributed by atoms with E-state index in [9.17, 15) is 97.1 Å². The van der Waals surface area contributed by atoms with Crippen LogP contribution in [0.2, 0.25) is 0 Å². The maximum atomic E-state index is 15.2. The lowest BCUT2D eigenvalue weighted by molar-refractivity contribution is -0.144. The van der Waals surface area contributed by atoms with Gasteiger partial charge in [-0.3, -0.25) is 91.7 Å². The SMILES string of the molecule is CC[C@H](C)[C@H](NC(=O)[C@H](CCCCN)NC(=O)[C@H](CCCCN)NC(=O)[C@@H](N)CC(C)C)C(=O)N[C@@H](CO)C(=O)N[C@@H](CCC(N)=O)C(=O)N[C@@H](CCCNC(=N)N)C(=O)N[C@@H](Cc1ccc(O)cc1)C(=O)N[C@@H](CCC(N)=O)C(=O)N[C@@H](CCCCN)C(=O)N[C@@H](Cc1ccccc1)C(=O)N[C@@H](C)C(=O)N[C@@H](CC(C)C)C(=O)N1CCC[C@H]1C(=O)N[C@@H](CCC(N)=O)C(=O)N[C@@H](Cc1ccc(O)cc1)C(=O)O. The number of hydrogen-bond donors (Lipinski definition) is 28. The van der Waals surface area contributed by atoms with Crippen molar-refractivity contribution >= 4 is 118 Å². The summed E-state index contributed by atoms with van der Waals surface area (Å²) >= 11 is 0. The van der Waals surface area contributed by atoms with Crippen LogP contribution in [0.1, 0.15) is 206 Å². The van der Waals surface area contributed by atoms with Crippen LogP contribution in [0, 0.1) is 23.2 Å². The Morgan fingerprint density at radius 1 is 0.392 bits per heavy atom. The number of aliphatic carboxylic acids is 1. The van der Waals surface area contributed by atoms with Crippen molar-refractivity contribution in [3.05, 3.63) is 95.6 Å². The van der Waals surface area contributed by atoms with E-state index in [4.69, 9.17) is 51.3 Å². The van der Waals surface area contributed by atoms with Crippen LogP contribution in [0.5, 0.6) is 11.5 Å². The van der Waals surface area contributed by atoms with Crippen LogP contribution in [0.4, 0.5) is 0 Å². The topological polar surface area (TPSA) is 821 Å². The quantitative estimate of drug-likeness (QED) is 0.0143. The van der Waals surface area contributed by atoms with Gasteiger partial charge >= 0.3 is 5.97 Å². The molecule has 4 rings (SSSR count). The Balaban J connectivity index is 1.66. The number of carboxylic acid groups (broad SMARTS) is 1. The van der Waals surface area contributed by atoms with Crippen LogP contribution in [-0.4, -0.2) is 280 Å². The van der Waals surface area contributed by atoms with Gasteiger partial charge in [0.2, 0.25) is 106 Å². The Hall–Kier alpha value is -13.7. The van der Waals surface area contributed by atoms with Crippen molar-refractivity contribution in [1.82, 2.24) is 84.7 Å². The van der Waals surface area contributed by atoms with Crippen LogP contribution in [-0.2, 0) is 110 Å². The van der Waals surface area contributed by atoms with E-state index in [0.29, 0.717) is 43.2 Å². The van der Waals surface area contributed by atoms with Crippen molar-refractivity contribution in [1.29, 1.82) is 5.41 Å². The molecule has 0 radical (unpaired) electrons. The van der Waals surface area contributed by atoms with Crippen molar-refractivity contribution in [2.75, 3.05) is 39.3 Å². The predicted molar refractivity (Wildman–Crippen MR) is 525 cm³/mol. The number of phenolic OH excluding ortho intramolecular Hbond substituents is 2. The summed E-state index contributed by atoms with van der Waals surface area (Å²) < 4.78 is 0. The maximum Gasteiger partial charge on any atom is 0.326 e. The highest BCUT2D eigenvalue weighted by Gasteiger charge is 2.43. The number of primary amides is 3. The Morgan fingerprint density at radius 3 is 1.13 bits per heavy atom. The van der Waals surface area contributed by atoms with Gasteiger partial charge in [0.05, 0.1) is 12.6 Å². The van der Waals surface area contributed by atoms with E-state index in [1.54, 1.807) is 58.0 Å². The first-order valence-corrected chi connectivity index (χ1v) is 48.5. The number of hydrogen-bond acceptors (Lipinski definition) is 27. The summed E-state index contributed by atoms with van der Waals surface area (Å²) in [6, 6.07) is -5.15. The van der Waals surface area contributed by atoms with E-state index >= 15 is 14.4 Å². The number of carbonyl (C=O) groups excluding carboxylic acids is 18. The summed E-state index contributed by atoms with van der Waals surface area (Å²) in [5.74, 6) is -20.4. The molecule has 1 aliphatic heterocycles. The molecule has 794 valence electrons. The highest BCUT2D eigenvalue weighted by atomic mass is 16.4. The van der Waals surface area contributed by atoms with E-state index in [0.717, 1.165) is 0 Å². The molecule has 18 amide bonds. The average molecular weight is 2010 g/mol. The van der Waals surface area contributed by atoms with E-state index in [1.807, 2.05) is 13.8 Å². The number of aliphatic hydroxyl groups excluding tert-OH is 1. The highest BCUT2D eigenvalue weighted by Crippen LogP contribution is 2.24. The van der Waals surface area contributed by atoms with Crippen LogP contribution in [0.25, 0.3) is 0 Å². The Bertz CT molecular complexity index is 4710. The van der Waals surface area contributed by atoms with Gasteiger partial charge < -0.3 is 151 Å².